The van der Waals surface area contributed by atoms with E-state index >= 15 is 0 Å². The van der Waals surface area contributed by atoms with Gasteiger partial charge < -0.3 is 9.47 Å². The summed E-state index contributed by atoms with van der Waals surface area (Å²) in [4.78, 5) is 10.7. The van der Waals surface area contributed by atoms with Crippen LogP contribution in [0.5, 0.6) is 0 Å². The van der Waals surface area contributed by atoms with Gasteiger partial charge in [0.25, 0.3) is 0 Å². The summed E-state index contributed by atoms with van der Waals surface area (Å²) in [6, 6.07) is 0. The van der Waals surface area contributed by atoms with Crippen LogP contribution in [0, 0.1) is 0 Å². The number of allylic oxidation sites excluding steroid dienone is 2. The Morgan fingerprint density at radius 1 is 1.64 bits per heavy atom. The van der Waals surface area contributed by atoms with Gasteiger partial charge in [-0.25, -0.2) is 0 Å². The highest BCUT2D eigenvalue weighted by molar-refractivity contribution is 5.66. The van der Waals surface area contributed by atoms with Gasteiger partial charge in [-0.15, -0.1) is 0 Å². The second kappa shape index (κ2) is 5.47. The van der Waals surface area contributed by atoms with E-state index in [2.05, 4.69) is 0 Å². The highest BCUT2D eigenvalue weighted by atomic mass is 16.5. The average Bonchev–Trinajstić information content (AvgIpc) is 2.14. The molecular formula is C11H16O3. The normalized spacial score (nSPS) is 21.9. The lowest BCUT2D eigenvalue weighted by Crippen LogP contribution is -2.16. The lowest BCUT2D eigenvalue weighted by Gasteiger charge is -2.19. The number of carbonyl (C=O) groups excluding carboxylic acids is 1. The molecule has 0 bridgehead atoms. The molecule has 3 heteroatoms. The summed E-state index contributed by atoms with van der Waals surface area (Å²) in [7, 11) is 1.61. The van der Waals surface area contributed by atoms with E-state index in [1.807, 2.05) is 12.2 Å². The van der Waals surface area contributed by atoms with Crippen LogP contribution in [0.25, 0.3) is 0 Å². The van der Waals surface area contributed by atoms with E-state index in [1.54, 1.807) is 13.4 Å². The molecule has 0 heterocycles. The second-order valence-electron chi connectivity index (χ2n) is 3.32. The van der Waals surface area contributed by atoms with Crippen LogP contribution in [0.3, 0.4) is 0 Å². The van der Waals surface area contributed by atoms with Crippen LogP contribution in [0.1, 0.15) is 26.2 Å². The number of rotatable bonds is 3. The zero-order chi connectivity index (χ0) is 10.4. The highest BCUT2D eigenvalue weighted by Gasteiger charge is 2.14. The molecule has 0 N–H and O–H groups in total. The number of carbonyl (C=O) groups is 1. The molecule has 0 aromatic carbocycles. The van der Waals surface area contributed by atoms with Gasteiger partial charge in [0.2, 0.25) is 0 Å². The molecule has 0 saturated carbocycles. The van der Waals surface area contributed by atoms with Gasteiger partial charge in [-0.1, -0.05) is 0 Å². The molecule has 1 rings (SSSR count). The van der Waals surface area contributed by atoms with Crippen molar-refractivity contribution in [2.45, 2.75) is 32.3 Å². The molecule has 0 saturated heterocycles. The Balaban J connectivity index is 2.54. The van der Waals surface area contributed by atoms with Crippen molar-refractivity contribution in [2.75, 3.05) is 7.11 Å². The molecule has 0 aromatic heterocycles. The third-order valence-electron chi connectivity index (χ3n) is 2.09. The molecule has 1 aliphatic rings. The lowest BCUT2D eigenvalue weighted by atomic mass is 9.97. The smallest absolute Gasteiger partial charge is 0.303 e. The van der Waals surface area contributed by atoms with Crippen molar-refractivity contribution in [1.29, 1.82) is 0 Å². The minimum atomic E-state index is -0.219. The van der Waals surface area contributed by atoms with Gasteiger partial charge in [0.1, 0.15) is 6.10 Å². The quantitative estimate of drug-likeness (QED) is 0.512. The number of ether oxygens (including phenoxy) is 2. The zero-order valence-electron chi connectivity index (χ0n) is 8.66. The lowest BCUT2D eigenvalue weighted by molar-refractivity contribution is -0.144. The van der Waals surface area contributed by atoms with Gasteiger partial charge >= 0.3 is 5.97 Å². The molecule has 0 amide bonds. The van der Waals surface area contributed by atoms with Crippen LogP contribution in [-0.4, -0.2) is 19.2 Å². The summed E-state index contributed by atoms with van der Waals surface area (Å²) in [5, 5.41) is 0. The Kier molecular flexibility index (Phi) is 4.23. The number of hydrogen-bond acceptors (Lipinski definition) is 3. The average molecular weight is 196 g/mol. The van der Waals surface area contributed by atoms with E-state index in [0.29, 0.717) is 0 Å². The van der Waals surface area contributed by atoms with E-state index in [0.717, 1.165) is 19.3 Å². The van der Waals surface area contributed by atoms with Crippen molar-refractivity contribution in [2.24, 2.45) is 0 Å². The van der Waals surface area contributed by atoms with Crippen molar-refractivity contribution >= 4 is 5.97 Å². The van der Waals surface area contributed by atoms with Crippen LogP contribution >= 0.6 is 0 Å². The number of methoxy groups -OCH3 is 1. The summed E-state index contributed by atoms with van der Waals surface area (Å²) >= 11 is 0. The predicted molar refractivity (Wildman–Crippen MR) is 53.6 cm³/mol. The molecular weight excluding hydrogens is 180 g/mol. The van der Waals surface area contributed by atoms with Crippen LogP contribution < -0.4 is 0 Å². The summed E-state index contributed by atoms with van der Waals surface area (Å²) in [5.41, 5.74) is 1.17. The summed E-state index contributed by atoms with van der Waals surface area (Å²) < 4.78 is 9.94. The van der Waals surface area contributed by atoms with E-state index in [9.17, 15) is 4.79 Å². The molecule has 0 aromatic rings. The SMILES string of the molecule is CO/C=C/C1=CC(OC(C)=O)CCC1. The molecule has 0 radical (unpaired) electrons. The third-order valence-corrected chi connectivity index (χ3v) is 2.09. The fraction of sp³-hybridized carbons (Fsp3) is 0.545. The van der Waals surface area contributed by atoms with Gasteiger partial charge in [0, 0.05) is 6.92 Å². The first-order chi connectivity index (χ1) is 6.72. The Morgan fingerprint density at radius 2 is 2.43 bits per heavy atom. The molecule has 3 nitrogen and oxygen atoms in total. The van der Waals surface area contributed by atoms with Gasteiger partial charge in [-0.3, -0.25) is 4.79 Å². The van der Waals surface area contributed by atoms with Gasteiger partial charge in [-0.2, -0.15) is 0 Å². The third kappa shape index (κ3) is 3.64. The fourth-order valence-corrected chi connectivity index (χ4v) is 1.51. The standard InChI is InChI=1S/C11H16O3/c1-9(12)14-11-5-3-4-10(8-11)6-7-13-2/h6-8,11H,3-5H2,1-2H3/b7-6+. The molecule has 0 aliphatic heterocycles. The molecule has 78 valence electrons. The van der Waals surface area contributed by atoms with Gasteiger partial charge in [0.15, 0.2) is 0 Å². The van der Waals surface area contributed by atoms with E-state index < -0.39 is 0 Å². The van der Waals surface area contributed by atoms with Crippen molar-refractivity contribution < 1.29 is 14.3 Å². The van der Waals surface area contributed by atoms with Gasteiger partial charge in [-0.05, 0) is 37.0 Å². The Bertz CT molecular complexity index is 253. The summed E-state index contributed by atoms with van der Waals surface area (Å²) in [6.45, 7) is 1.44. The molecule has 14 heavy (non-hydrogen) atoms. The van der Waals surface area contributed by atoms with Crippen LogP contribution in [-0.2, 0) is 14.3 Å². The predicted octanol–water partition coefficient (Wildman–Crippen LogP) is 2.19. The summed E-state index contributed by atoms with van der Waals surface area (Å²) in [6.07, 6.45) is 8.48. The molecule has 1 aliphatic carbocycles. The second-order valence-corrected chi connectivity index (χ2v) is 3.32. The van der Waals surface area contributed by atoms with Crippen LogP contribution in [0.2, 0.25) is 0 Å². The van der Waals surface area contributed by atoms with Crippen molar-refractivity contribution in [3.63, 3.8) is 0 Å². The summed E-state index contributed by atoms with van der Waals surface area (Å²) in [5.74, 6) is -0.219. The minimum Gasteiger partial charge on any atom is -0.504 e. The Hall–Kier alpha value is -1.25. The van der Waals surface area contributed by atoms with Crippen molar-refractivity contribution in [3.8, 4) is 0 Å². The maximum atomic E-state index is 10.7. The first kappa shape index (κ1) is 10.8. The monoisotopic (exact) mass is 196 g/mol. The first-order valence-corrected chi connectivity index (χ1v) is 4.79. The zero-order valence-corrected chi connectivity index (χ0v) is 8.66. The van der Waals surface area contributed by atoms with E-state index in [-0.39, 0.29) is 12.1 Å². The molecule has 1 atom stereocenters. The minimum absolute atomic E-state index is 0.0576. The van der Waals surface area contributed by atoms with Crippen molar-refractivity contribution in [1.82, 2.24) is 0 Å². The maximum absolute atomic E-state index is 10.7. The highest BCUT2D eigenvalue weighted by Crippen LogP contribution is 2.21. The largest absolute Gasteiger partial charge is 0.504 e. The van der Waals surface area contributed by atoms with Crippen LogP contribution in [0.15, 0.2) is 24.0 Å². The Labute approximate surface area is 84.4 Å². The number of esters is 1. The first-order valence-electron chi connectivity index (χ1n) is 4.79. The maximum Gasteiger partial charge on any atom is 0.303 e. The van der Waals surface area contributed by atoms with Crippen molar-refractivity contribution in [3.05, 3.63) is 24.0 Å². The Morgan fingerprint density at radius 3 is 3.07 bits per heavy atom. The molecule has 1 unspecified atom stereocenters. The van der Waals surface area contributed by atoms with Crippen LogP contribution in [0.4, 0.5) is 0 Å². The topological polar surface area (TPSA) is 35.5 Å². The van der Waals surface area contributed by atoms with E-state index in [4.69, 9.17) is 9.47 Å². The molecule has 0 fully saturated rings. The molecule has 0 spiro atoms. The fourth-order valence-electron chi connectivity index (χ4n) is 1.51. The van der Waals surface area contributed by atoms with E-state index in [1.165, 1.54) is 12.5 Å². The number of hydrogen-bond donors (Lipinski definition) is 0. The van der Waals surface area contributed by atoms with Gasteiger partial charge in [0.05, 0.1) is 13.4 Å².